The minimum absolute atomic E-state index is 0.0683. The molecule has 0 saturated carbocycles. The molecule has 0 unspecified atom stereocenters. The maximum absolute atomic E-state index is 11.6. The Morgan fingerprint density at radius 3 is 2.88 bits per heavy atom. The summed E-state index contributed by atoms with van der Waals surface area (Å²) in [4.78, 5) is 21.6. The predicted octanol–water partition coefficient (Wildman–Crippen LogP) is 2.00. The molecular weight excluding hydrogens is 244 g/mol. The Balaban J connectivity index is 2.97. The van der Waals surface area contributed by atoms with Gasteiger partial charge in [-0.05, 0) is 13.0 Å². The predicted molar refractivity (Wildman–Crippen MR) is 63.9 cm³/mol. The summed E-state index contributed by atoms with van der Waals surface area (Å²) in [7, 11) is 0. The van der Waals surface area contributed by atoms with Gasteiger partial charge < -0.3 is 5.32 Å². The molecule has 17 heavy (non-hydrogen) atoms. The van der Waals surface area contributed by atoms with Gasteiger partial charge in [0.15, 0.2) is 0 Å². The summed E-state index contributed by atoms with van der Waals surface area (Å²) in [6.45, 7) is 1.82. The van der Waals surface area contributed by atoms with Crippen molar-refractivity contribution in [2.45, 2.75) is 6.92 Å². The highest BCUT2D eigenvalue weighted by atomic mass is 35.5. The van der Waals surface area contributed by atoms with Crippen LogP contribution in [0.4, 0.5) is 5.69 Å². The van der Waals surface area contributed by atoms with Crippen molar-refractivity contribution in [2.75, 3.05) is 6.54 Å². The molecule has 1 aromatic rings. The molecule has 0 aromatic heterocycles. The Labute approximate surface area is 103 Å². The van der Waals surface area contributed by atoms with Crippen molar-refractivity contribution in [3.63, 3.8) is 0 Å². The maximum atomic E-state index is 11.6. The Morgan fingerprint density at radius 1 is 1.59 bits per heavy atom. The summed E-state index contributed by atoms with van der Waals surface area (Å²) in [6.07, 6.45) is 0. The van der Waals surface area contributed by atoms with Crippen LogP contribution in [0.2, 0.25) is 5.02 Å². The van der Waals surface area contributed by atoms with Crippen molar-refractivity contribution in [2.24, 2.45) is 0 Å². The van der Waals surface area contributed by atoms with Gasteiger partial charge in [0, 0.05) is 6.07 Å². The molecule has 6 heteroatoms. The highest BCUT2D eigenvalue weighted by Crippen LogP contribution is 2.27. The second kappa shape index (κ2) is 5.87. The van der Waals surface area contributed by atoms with Crippen LogP contribution in [0.3, 0.4) is 0 Å². The van der Waals surface area contributed by atoms with Crippen molar-refractivity contribution in [3.05, 3.63) is 38.9 Å². The molecule has 0 aliphatic carbocycles. The van der Waals surface area contributed by atoms with Crippen LogP contribution >= 0.6 is 11.6 Å². The lowest BCUT2D eigenvalue weighted by Crippen LogP contribution is -2.24. The van der Waals surface area contributed by atoms with Crippen molar-refractivity contribution in [1.29, 1.82) is 0 Å². The number of rotatable bonds is 3. The molecule has 1 rings (SSSR count). The minimum Gasteiger partial charge on any atom is -0.341 e. The van der Waals surface area contributed by atoms with Crippen LogP contribution in [0.15, 0.2) is 18.2 Å². The standard InChI is InChI=1S/C11H9ClN2O3/c1-2-3-7-13-11(15)8-5-4-6-9(10(8)12)14(16)17/h4-6H,7H2,1H3,(H,13,15). The van der Waals surface area contributed by atoms with Gasteiger partial charge in [0.1, 0.15) is 5.02 Å². The molecule has 0 saturated heterocycles. The average molecular weight is 253 g/mol. The van der Waals surface area contributed by atoms with Crippen LogP contribution in [-0.4, -0.2) is 17.4 Å². The van der Waals surface area contributed by atoms with Gasteiger partial charge in [-0.1, -0.05) is 23.6 Å². The summed E-state index contributed by atoms with van der Waals surface area (Å²) in [5.41, 5.74) is -0.223. The topological polar surface area (TPSA) is 72.2 Å². The van der Waals surface area contributed by atoms with E-state index in [1.165, 1.54) is 18.2 Å². The van der Waals surface area contributed by atoms with Gasteiger partial charge in [-0.2, -0.15) is 0 Å². The number of halogens is 1. The Hall–Kier alpha value is -2.06. The highest BCUT2D eigenvalue weighted by molar-refractivity contribution is 6.35. The van der Waals surface area contributed by atoms with Crippen LogP contribution in [0.1, 0.15) is 17.3 Å². The van der Waals surface area contributed by atoms with E-state index < -0.39 is 10.8 Å². The third-order valence-electron chi connectivity index (χ3n) is 1.93. The fourth-order valence-electron chi connectivity index (χ4n) is 1.14. The van der Waals surface area contributed by atoms with Gasteiger partial charge in [0.25, 0.3) is 11.6 Å². The molecule has 1 amide bonds. The zero-order valence-corrected chi connectivity index (χ0v) is 9.75. The molecule has 0 aliphatic heterocycles. The molecule has 0 aliphatic rings. The number of hydrogen-bond donors (Lipinski definition) is 1. The van der Waals surface area contributed by atoms with E-state index in [1.807, 2.05) is 0 Å². The fourth-order valence-corrected chi connectivity index (χ4v) is 1.43. The van der Waals surface area contributed by atoms with Gasteiger partial charge in [-0.15, -0.1) is 5.92 Å². The molecule has 5 nitrogen and oxygen atoms in total. The molecular formula is C11H9ClN2O3. The first-order valence-electron chi connectivity index (χ1n) is 4.68. The third-order valence-corrected chi connectivity index (χ3v) is 2.33. The molecule has 0 heterocycles. The molecule has 0 atom stereocenters. The van der Waals surface area contributed by atoms with E-state index in [4.69, 9.17) is 11.6 Å². The fraction of sp³-hybridized carbons (Fsp3) is 0.182. The van der Waals surface area contributed by atoms with E-state index >= 15 is 0 Å². The monoisotopic (exact) mass is 252 g/mol. The van der Waals surface area contributed by atoms with Gasteiger partial charge >= 0.3 is 0 Å². The number of carbonyl (C=O) groups excluding carboxylic acids is 1. The molecule has 1 N–H and O–H groups in total. The van der Waals surface area contributed by atoms with Crippen LogP contribution in [0.25, 0.3) is 0 Å². The zero-order valence-electron chi connectivity index (χ0n) is 8.99. The van der Waals surface area contributed by atoms with Gasteiger partial charge in [-0.3, -0.25) is 14.9 Å². The summed E-state index contributed by atoms with van der Waals surface area (Å²) >= 11 is 5.77. The van der Waals surface area contributed by atoms with Crippen molar-refractivity contribution in [1.82, 2.24) is 5.32 Å². The lowest BCUT2D eigenvalue weighted by Gasteiger charge is -2.03. The van der Waals surface area contributed by atoms with Crippen LogP contribution in [0, 0.1) is 22.0 Å². The largest absolute Gasteiger partial charge is 0.341 e. The second-order valence-electron chi connectivity index (χ2n) is 3.01. The van der Waals surface area contributed by atoms with E-state index in [0.29, 0.717) is 0 Å². The van der Waals surface area contributed by atoms with Gasteiger partial charge in [0.05, 0.1) is 17.0 Å². The first-order chi connectivity index (χ1) is 8.07. The molecule has 0 bridgehead atoms. The Bertz CT molecular complexity index is 517. The maximum Gasteiger partial charge on any atom is 0.288 e. The van der Waals surface area contributed by atoms with E-state index in [9.17, 15) is 14.9 Å². The second-order valence-corrected chi connectivity index (χ2v) is 3.38. The first kappa shape index (κ1) is 13.0. The summed E-state index contributed by atoms with van der Waals surface area (Å²) in [6, 6.07) is 4.07. The van der Waals surface area contributed by atoms with Crippen molar-refractivity contribution >= 4 is 23.2 Å². The smallest absolute Gasteiger partial charge is 0.288 e. The number of nitro benzene ring substituents is 1. The molecule has 1 aromatic carbocycles. The lowest BCUT2D eigenvalue weighted by atomic mass is 10.2. The number of nitrogens with zero attached hydrogens (tertiary/aromatic N) is 1. The summed E-state index contributed by atoms with van der Waals surface area (Å²) in [5, 5.41) is 12.9. The van der Waals surface area contributed by atoms with E-state index in [2.05, 4.69) is 17.2 Å². The van der Waals surface area contributed by atoms with E-state index in [0.717, 1.165) is 0 Å². The van der Waals surface area contributed by atoms with Crippen LogP contribution in [-0.2, 0) is 0 Å². The number of amides is 1. The lowest BCUT2D eigenvalue weighted by molar-refractivity contribution is -0.384. The highest BCUT2D eigenvalue weighted by Gasteiger charge is 2.19. The SMILES string of the molecule is CC#CCNC(=O)c1cccc([N+](=O)[O-])c1Cl. The summed E-state index contributed by atoms with van der Waals surface area (Å²) < 4.78 is 0. The van der Waals surface area contributed by atoms with E-state index in [-0.39, 0.29) is 22.8 Å². The van der Waals surface area contributed by atoms with E-state index in [1.54, 1.807) is 6.92 Å². The minimum atomic E-state index is -0.634. The van der Waals surface area contributed by atoms with Gasteiger partial charge in [-0.25, -0.2) is 0 Å². The van der Waals surface area contributed by atoms with Crippen molar-refractivity contribution in [3.8, 4) is 11.8 Å². The molecule has 88 valence electrons. The summed E-state index contributed by atoms with van der Waals surface area (Å²) in [5.74, 6) is 4.77. The molecule has 0 spiro atoms. The molecule has 0 radical (unpaired) electrons. The molecule has 0 fully saturated rings. The Morgan fingerprint density at radius 2 is 2.29 bits per heavy atom. The zero-order chi connectivity index (χ0) is 12.8. The number of nitro groups is 1. The van der Waals surface area contributed by atoms with Gasteiger partial charge in [0.2, 0.25) is 0 Å². The first-order valence-corrected chi connectivity index (χ1v) is 5.06. The average Bonchev–Trinajstić information content (AvgIpc) is 2.29. The number of benzene rings is 1. The van der Waals surface area contributed by atoms with Crippen molar-refractivity contribution < 1.29 is 9.72 Å². The normalized spacial score (nSPS) is 9.06. The number of nitrogens with one attached hydrogen (secondary N) is 1. The van der Waals surface area contributed by atoms with Crippen LogP contribution < -0.4 is 5.32 Å². The third kappa shape index (κ3) is 3.20. The number of hydrogen-bond acceptors (Lipinski definition) is 3. The Kier molecular flexibility index (Phi) is 4.49. The quantitative estimate of drug-likeness (QED) is 0.508. The number of carbonyl (C=O) groups is 1. The van der Waals surface area contributed by atoms with Crippen LogP contribution in [0.5, 0.6) is 0 Å².